The summed E-state index contributed by atoms with van der Waals surface area (Å²) < 4.78 is 0. The van der Waals surface area contributed by atoms with E-state index in [-0.39, 0.29) is 11.6 Å². The van der Waals surface area contributed by atoms with Gasteiger partial charge in [-0.3, -0.25) is 10.3 Å². The van der Waals surface area contributed by atoms with Crippen molar-refractivity contribution >= 4 is 5.96 Å². The number of aliphatic imine (C=N–C) groups is 1. The summed E-state index contributed by atoms with van der Waals surface area (Å²) in [4.78, 5) is 3.89. The van der Waals surface area contributed by atoms with Crippen LogP contribution in [0, 0.1) is 0 Å². The summed E-state index contributed by atoms with van der Waals surface area (Å²) in [7, 11) is 0. The zero-order chi connectivity index (χ0) is 11.7. The summed E-state index contributed by atoms with van der Waals surface area (Å²) >= 11 is 0. The Bertz CT molecular complexity index is 185. The lowest BCUT2D eigenvalue weighted by atomic mass is 10.1. The first-order valence-corrected chi connectivity index (χ1v) is 5.27. The van der Waals surface area contributed by atoms with E-state index in [1.807, 2.05) is 6.92 Å². The maximum absolute atomic E-state index is 6.01. The molecule has 90 valence electrons. The lowest BCUT2D eigenvalue weighted by Gasteiger charge is -2.26. The molecule has 6 nitrogen and oxygen atoms in total. The molecule has 0 aliphatic rings. The Kier molecular flexibility index (Phi) is 7.02. The van der Waals surface area contributed by atoms with Gasteiger partial charge in [0.2, 0.25) is 0 Å². The molecular formula is C9H24N6. The van der Waals surface area contributed by atoms with Gasteiger partial charge >= 0.3 is 0 Å². The smallest absolute Gasteiger partial charge is 0.185 e. The van der Waals surface area contributed by atoms with Crippen LogP contribution in [0.25, 0.3) is 0 Å². The lowest BCUT2D eigenvalue weighted by Crippen LogP contribution is -2.51. The minimum atomic E-state index is -0.367. The van der Waals surface area contributed by atoms with E-state index >= 15 is 0 Å². The molecule has 0 saturated heterocycles. The van der Waals surface area contributed by atoms with Crippen molar-refractivity contribution in [3.05, 3.63) is 0 Å². The van der Waals surface area contributed by atoms with Gasteiger partial charge in [-0.15, -0.1) is 0 Å². The maximum Gasteiger partial charge on any atom is 0.185 e. The number of rotatable bonds is 8. The van der Waals surface area contributed by atoms with Crippen molar-refractivity contribution in [3.8, 4) is 0 Å². The van der Waals surface area contributed by atoms with Gasteiger partial charge in [0.25, 0.3) is 0 Å². The normalized spacial score (nSPS) is 14.6. The molecule has 15 heavy (non-hydrogen) atoms. The molecule has 1 atom stereocenters. The van der Waals surface area contributed by atoms with E-state index in [0.29, 0.717) is 13.1 Å². The van der Waals surface area contributed by atoms with E-state index in [0.717, 1.165) is 25.8 Å². The Morgan fingerprint density at radius 2 is 2.00 bits per heavy atom. The van der Waals surface area contributed by atoms with Crippen LogP contribution in [0.1, 0.15) is 26.2 Å². The molecule has 0 aliphatic carbocycles. The number of nitrogens with zero attached hydrogens (tertiary/aromatic N) is 1. The van der Waals surface area contributed by atoms with Crippen molar-refractivity contribution in [2.45, 2.75) is 31.8 Å². The second-order valence-corrected chi connectivity index (χ2v) is 3.90. The molecule has 0 fully saturated rings. The van der Waals surface area contributed by atoms with Crippen molar-refractivity contribution in [2.24, 2.45) is 27.9 Å². The first kappa shape index (κ1) is 14.2. The highest BCUT2D eigenvalue weighted by molar-refractivity contribution is 5.75. The third kappa shape index (κ3) is 9.45. The van der Waals surface area contributed by atoms with Crippen LogP contribution in [-0.2, 0) is 0 Å². The van der Waals surface area contributed by atoms with Gasteiger partial charge in [-0.2, -0.15) is 0 Å². The van der Waals surface area contributed by atoms with E-state index in [2.05, 4.69) is 10.3 Å². The van der Waals surface area contributed by atoms with E-state index in [1.54, 1.807) is 0 Å². The first-order valence-electron chi connectivity index (χ1n) is 5.27. The summed E-state index contributed by atoms with van der Waals surface area (Å²) in [6.07, 6.45) is 2.62. The fraction of sp³-hybridized carbons (Fsp3) is 0.889. The highest BCUT2D eigenvalue weighted by Crippen LogP contribution is 2.04. The van der Waals surface area contributed by atoms with Gasteiger partial charge < -0.3 is 22.9 Å². The summed E-state index contributed by atoms with van der Waals surface area (Å²) in [6, 6.07) is 0. The molecule has 0 unspecified atom stereocenters. The summed E-state index contributed by atoms with van der Waals surface area (Å²) in [5.41, 5.74) is 21.4. The number of hydrogen-bond donors (Lipinski definition) is 5. The van der Waals surface area contributed by atoms with Gasteiger partial charge in [0.1, 0.15) is 0 Å². The lowest BCUT2D eigenvalue weighted by molar-refractivity contribution is 0.335. The van der Waals surface area contributed by atoms with Gasteiger partial charge in [-0.1, -0.05) is 0 Å². The largest absolute Gasteiger partial charge is 0.370 e. The van der Waals surface area contributed by atoms with Crippen LogP contribution in [0.15, 0.2) is 4.99 Å². The van der Waals surface area contributed by atoms with E-state index in [9.17, 15) is 0 Å². The minimum Gasteiger partial charge on any atom is -0.370 e. The molecule has 0 saturated carbocycles. The molecule has 0 aromatic heterocycles. The quantitative estimate of drug-likeness (QED) is 0.148. The van der Waals surface area contributed by atoms with E-state index in [1.165, 1.54) is 0 Å². The predicted octanol–water partition coefficient (Wildman–Crippen LogP) is -1.35. The first-order chi connectivity index (χ1) is 6.98. The molecule has 0 aliphatic heterocycles. The molecule has 0 radical (unpaired) electrons. The van der Waals surface area contributed by atoms with Crippen LogP contribution in [0.2, 0.25) is 0 Å². The fourth-order valence-corrected chi connectivity index (χ4v) is 1.22. The molecule has 6 heteroatoms. The number of nitrogens with two attached hydrogens (primary N) is 4. The van der Waals surface area contributed by atoms with Crippen LogP contribution < -0.4 is 28.3 Å². The second kappa shape index (κ2) is 7.44. The van der Waals surface area contributed by atoms with E-state index < -0.39 is 0 Å². The van der Waals surface area contributed by atoms with Crippen molar-refractivity contribution in [3.63, 3.8) is 0 Å². The number of guanidine groups is 1. The van der Waals surface area contributed by atoms with Crippen molar-refractivity contribution in [1.82, 2.24) is 5.32 Å². The van der Waals surface area contributed by atoms with Gasteiger partial charge in [0.05, 0.1) is 5.66 Å². The SMILES string of the molecule is C[C@@](N)(CCCN=C(N)N)NCCCN. The second-order valence-electron chi connectivity index (χ2n) is 3.90. The molecule has 0 amide bonds. The topological polar surface area (TPSA) is 128 Å². The Morgan fingerprint density at radius 1 is 1.33 bits per heavy atom. The monoisotopic (exact) mass is 216 g/mol. The Labute approximate surface area is 91.5 Å². The zero-order valence-electron chi connectivity index (χ0n) is 9.50. The van der Waals surface area contributed by atoms with Gasteiger partial charge in [-0.05, 0) is 39.3 Å². The standard InChI is InChI=1S/C9H24N6/c1-9(13,15-7-3-5-10)4-2-6-14-8(11)12/h15H,2-7,10,13H2,1H3,(H4,11,12,14)/t9-/m0/s1. The Hall–Kier alpha value is -0.850. The van der Waals surface area contributed by atoms with Crippen molar-refractivity contribution < 1.29 is 0 Å². The van der Waals surface area contributed by atoms with Gasteiger partial charge in [0, 0.05) is 6.54 Å². The highest BCUT2D eigenvalue weighted by atomic mass is 15.1. The molecular weight excluding hydrogens is 192 g/mol. The minimum absolute atomic E-state index is 0.129. The number of hydrogen-bond acceptors (Lipinski definition) is 4. The van der Waals surface area contributed by atoms with Crippen LogP contribution in [-0.4, -0.2) is 31.3 Å². The zero-order valence-corrected chi connectivity index (χ0v) is 9.50. The number of nitrogens with one attached hydrogen (secondary N) is 1. The van der Waals surface area contributed by atoms with Crippen LogP contribution in [0.5, 0.6) is 0 Å². The van der Waals surface area contributed by atoms with Crippen molar-refractivity contribution in [1.29, 1.82) is 0 Å². The highest BCUT2D eigenvalue weighted by Gasteiger charge is 2.15. The predicted molar refractivity (Wildman–Crippen MR) is 64.2 cm³/mol. The average Bonchev–Trinajstić information content (AvgIpc) is 2.13. The molecule has 0 rings (SSSR count). The summed E-state index contributed by atoms with van der Waals surface area (Å²) in [6.45, 7) is 4.09. The van der Waals surface area contributed by atoms with Gasteiger partial charge in [-0.25, -0.2) is 0 Å². The Morgan fingerprint density at radius 3 is 2.53 bits per heavy atom. The average molecular weight is 216 g/mol. The van der Waals surface area contributed by atoms with Gasteiger partial charge in [0.15, 0.2) is 5.96 Å². The maximum atomic E-state index is 6.01. The molecule has 0 heterocycles. The Balaban J connectivity index is 3.59. The molecule has 0 bridgehead atoms. The third-order valence-corrected chi connectivity index (χ3v) is 2.06. The molecule has 0 aromatic rings. The fourth-order valence-electron chi connectivity index (χ4n) is 1.22. The van der Waals surface area contributed by atoms with Crippen LogP contribution in [0.4, 0.5) is 0 Å². The van der Waals surface area contributed by atoms with Crippen LogP contribution >= 0.6 is 0 Å². The molecule has 0 spiro atoms. The third-order valence-electron chi connectivity index (χ3n) is 2.06. The summed E-state index contributed by atoms with van der Waals surface area (Å²) in [5.74, 6) is 0.129. The van der Waals surface area contributed by atoms with E-state index in [4.69, 9.17) is 22.9 Å². The van der Waals surface area contributed by atoms with Crippen molar-refractivity contribution in [2.75, 3.05) is 19.6 Å². The molecule has 0 aromatic carbocycles. The van der Waals surface area contributed by atoms with Crippen LogP contribution in [0.3, 0.4) is 0 Å². The summed E-state index contributed by atoms with van der Waals surface area (Å²) in [5, 5.41) is 3.23. The molecule has 9 N–H and O–H groups in total.